The van der Waals surface area contributed by atoms with Gasteiger partial charge in [0.1, 0.15) is 0 Å². The molecular weight excluding hydrogens is 140 g/mol. The minimum Gasteiger partial charge on any atom is -0.306 e. The zero-order valence-corrected chi connectivity index (χ0v) is 9.41. The van der Waals surface area contributed by atoms with Crippen molar-refractivity contribution in [1.29, 1.82) is 0 Å². The maximum Gasteiger partial charge on any atom is 0.0423 e. The molecule has 3 heteroatoms. The van der Waals surface area contributed by atoms with Crippen LogP contribution in [0.3, 0.4) is 0 Å². The molecule has 0 spiro atoms. The van der Waals surface area contributed by atoms with Crippen LogP contribution in [0.5, 0.6) is 0 Å². The van der Waals surface area contributed by atoms with E-state index in [0.29, 0.717) is 5.79 Å². The summed E-state index contributed by atoms with van der Waals surface area (Å²) in [4.78, 5) is 0. The number of rotatable bonds is 6. The van der Waals surface area contributed by atoms with Gasteiger partial charge in [-0.3, -0.25) is 0 Å². The van der Waals surface area contributed by atoms with Gasteiger partial charge in [-0.05, 0) is 25.9 Å². The topological polar surface area (TPSA) is 24.1 Å². The van der Waals surface area contributed by atoms with Gasteiger partial charge >= 0.3 is 0 Å². The van der Waals surface area contributed by atoms with Crippen LogP contribution in [0.1, 0.15) is 26.7 Å². The second kappa shape index (κ2) is 7.25. The van der Waals surface area contributed by atoms with E-state index in [0.717, 1.165) is 13.1 Å². The summed E-state index contributed by atoms with van der Waals surface area (Å²) in [6, 6.07) is 0. The normalized spacial score (nSPS) is 11.1. The Hall–Kier alpha value is 0.137. The van der Waals surface area contributed by atoms with Crippen molar-refractivity contribution in [2.45, 2.75) is 32.5 Å². The molecule has 0 saturated heterocycles. The van der Waals surface area contributed by atoms with Crippen molar-refractivity contribution in [3.8, 4) is 0 Å². The van der Waals surface area contributed by atoms with Gasteiger partial charge in [0.05, 0.1) is 0 Å². The van der Waals surface area contributed by atoms with E-state index in [1.165, 1.54) is 23.1 Å². The van der Waals surface area contributed by atoms with E-state index in [1.54, 1.807) is 0 Å². The molecule has 0 saturated carbocycles. The zero-order chi connectivity index (χ0) is 7.82. The lowest BCUT2D eigenvalue weighted by molar-refractivity contribution is 0.530. The van der Waals surface area contributed by atoms with Crippen LogP contribution >= 0.6 is 0 Å². The van der Waals surface area contributed by atoms with Crippen LogP contribution in [0.4, 0.5) is 0 Å². The fourth-order valence-electron chi connectivity index (χ4n) is 0.794. The quantitative estimate of drug-likeness (QED) is 0.409. The zero-order valence-electron chi connectivity index (χ0n) is 7.41. The highest BCUT2D eigenvalue weighted by atomic mass is 28.1. The molecule has 0 rings (SSSR count). The minimum atomic E-state index is 0.611. The first-order valence-corrected chi connectivity index (χ1v) is 5.43. The van der Waals surface area contributed by atoms with Crippen LogP contribution in [0.2, 0.25) is 0 Å². The first kappa shape index (κ1) is 10.1. The van der Waals surface area contributed by atoms with Gasteiger partial charge in [-0.1, -0.05) is 13.8 Å². The third-order valence-corrected chi connectivity index (χ3v) is 2.22. The first-order valence-electron chi connectivity index (χ1n) is 4.28. The summed E-state index contributed by atoms with van der Waals surface area (Å²) in [7, 11) is 1.20. The van der Waals surface area contributed by atoms with Crippen molar-refractivity contribution in [2.24, 2.45) is 0 Å². The molecule has 0 aliphatic carbocycles. The fraction of sp³-hybridized carbons (Fsp3) is 1.00. The summed E-state index contributed by atoms with van der Waals surface area (Å²) in [6.45, 7) is 6.68. The third kappa shape index (κ3) is 6.26. The molecule has 0 amide bonds. The van der Waals surface area contributed by atoms with E-state index in [9.17, 15) is 0 Å². The molecule has 0 aromatic rings. The molecule has 62 valence electrons. The van der Waals surface area contributed by atoms with E-state index in [4.69, 9.17) is 0 Å². The molecule has 0 bridgehead atoms. The Bertz CT molecular complexity index is 60.6. The highest BCUT2D eigenvalue weighted by Crippen LogP contribution is 1.75. The minimum absolute atomic E-state index is 0.611. The van der Waals surface area contributed by atoms with Crippen LogP contribution < -0.4 is 10.6 Å². The van der Waals surface area contributed by atoms with Crippen LogP contribution in [0.25, 0.3) is 0 Å². The molecule has 0 radical (unpaired) electrons. The summed E-state index contributed by atoms with van der Waals surface area (Å²) in [5.74, 6) is 0.611. The largest absolute Gasteiger partial charge is 0.306 e. The lowest BCUT2D eigenvalue weighted by Crippen LogP contribution is -2.43. The lowest BCUT2D eigenvalue weighted by atomic mass is 10.5. The lowest BCUT2D eigenvalue weighted by Gasteiger charge is -2.13. The Morgan fingerprint density at radius 1 is 1.10 bits per heavy atom. The highest BCUT2D eigenvalue weighted by molar-refractivity contribution is 6.11. The van der Waals surface area contributed by atoms with Crippen molar-refractivity contribution in [1.82, 2.24) is 10.6 Å². The SMILES string of the molecule is CCCNC([SiH3])NCCC. The predicted molar refractivity (Wildman–Crippen MR) is 50.3 cm³/mol. The van der Waals surface area contributed by atoms with Gasteiger partial charge in [0.15, 0.2) is 0 Å². The summed E-state index contributed by atoms with van der Waals surface area (Å²) >= 11 is 0. The first-order chi connectivity index (χ1) is 4.81. The van der Waals surface area contributed by atoms with E-state index >= 15 is 0 Å². The second-order valence-corrected chi connectivity index (χ2v) is 3.78. The van der Waals surface area contributed by atoms with Crippen molar-refractivity contribution in [2.75, 3.05) is 13.1 Å². The Morgan fingerprint density at radius 2 is 1.50 bits per heavy atom. The summed E-state index contributed by atoms with van der Waals surface area (Å²) in [5, 5.41) is 6.84. The Kier molecular flexibility index (Phi) is 7.35. The average Bonchev–Trinajstić information content (AvgIpc) is 1.97. The van der Waals surface area contributed by atoms with Gasteiger partial charge in [-0.15, -0.1) is 0 Å². The summed E-state index contributed by atoms with van der Waals surface area (Å²) < 4.78 is 0. The number of nitrogens with one attached hydrogen (secondary N) is 2. The summed E-state index contributed by atoms with van der Waals surface area (Å²) in [6.07, 6.45) is 2.46. The molecule has 0 atom stereocenters. The van der Waals surface area contributed by atoms with E-state index in [2.05, 4.69) is 24.5 Å². The van der Waals surface area contributed by atoms with E-state index in [1.807, 2.05) is 0 Å². The van der Waals surface area contributed by atoms with E-state index < -0.39 is 0 Å². The maximum absolute atomic E-state index is 3.42. The Labute approximate surface area is 67.2 Å². The molecular formula is C7H20N2Si. The molecule has 0 fully saturated rings. The molecule has 0 aliphatic heterocycles. The molecule has 10 heavy (non-hydrogen) atoms. The van der Waals surface area contributed by atoms with Crippen LogP contribution in [0.15, 0.2) is 0 Å². The van der Waals surface area contributed by atoms with Gasteiger partial charge in [-0.2, -0.15) is 0 Å². The van der Waals surface area contributed by atoms with Gasteiger partial charge in [-0.25, -0.2) is 0 Å². The summed E-state index contributed by atoms with van der Waals surface area (Å²) in [5.41, 5.74) is 0. The highest BCUT2D eigenvalue weighted by Gasteiger charge is 1.94. The van der Waals surface area contributed by atoms with Gasteiger partial charge in [0, 0.05) is 16.0 Å². The second-order valence-electron chi connectivity index (χ2n) is 2.63. The van der Waals surface area contributed by atoms with Crippen molar-refractivity contribution >= 4 is 10.2 Å². The smallest absolute Gasteiger partial charge is 0.0423 e. The molecule has 0 aromatic carbocycles. The Balaban J connectivity index is 3.00. The molecule has 2 N–H and O–H groups in total. The van der Waals surface area contributed by atoms with Crippen LogP contribution in [-0.2, 0) is 0 Å². The van der Waals surface area contributed by atoms with Crippen molar-refractivity contribution < 1.29 is 0 Å². The number of hydrogen-bond acceptors (Lipinski definition) is 2. The van der Waals surface area contributed by atoms with Crippen LogP contribution in [-0.4, -0.2) is 29.1 Å². The van der Waals surface area contributed by atoms with E-state index in [-0.39, 0.29) is 0 Å². The average molecular weight is 160 g/mol. The molecule has 2 nitrogen and oxygen atoms in total. The Morgan fingerprint density at radius 3 is 1.80 bits per heavy atom. The molecule has 0 aromatic heterocycles. The van der Waals surface area contributed by atoms with Gasteiger partial charge in [0.25, 0.3) is 0 Å². The standard InChI is InChI=1S/C7H20N2Si/c1-3-5-8-7(10)9-6-4-2/h7-9H,3-6H2,1-2,10H3. The van der Waals surface area contributed by atoms with Gasteiger partial charge < -0.3 is 10.6 Å². The van der Waals surface area contributed by atoms with Crippen LogP contribution in [0, 0.1) is 0 Å². The van der Waals surface area contributed by atoms with Crippen molar-refractivity contribution in [3.63, 3.8) is 0 Å². The third-order valence-electron chi connectivity index (χ3n) is 1.40. The van der Waals surface area contributed by atoms with Gasteiger partial charge in [0.2, 0.25) is 0 Å². The molecule has 0 unspecified atom stereocenters. The number of hydrogen-bond donors (Lipinski definition) is 2. The predicted octanol–water partition coefficient (Wildman–Crippen LogP) is -0.365. The van der Waals surface area contributed by atoms with Crippen molar-refractivity contribution in [3.05, 3.63) is 0 Å². The maximum atomic E-state index is 3.42. The fourth-order valence-corrected chi connectivity index (χ4v) is 1.37. The molecule has 0 aliphatic rings. The monoisotopic (exact) mass is 160 g/mol. The molecule has 0 heterocycles.